The zero-order valence-corrected chi connectivity index (χ0v) is 17.4. The topological polar surface area (TPSA) is 84.9 Å². The van der Waals surface area contributed by atoms with Gasteiger partial charge < -0.3 is 19.6 Å². The molecule has 0 aromatic rings. The summed E-state index contributed by atoms with van der Waals surface area (Å²) in [6.45, 7) is 14.9. The summed E-state index contributed by atoms with van der Waals surface area (Å²) in [5, 5.41) is 12.5. The van der Waals surface area contributed by atoms with Gasteiger partial charge >= 0.3 is 5.97 Å². The van der Waals surface area contributed by atoms with E-state index in [-0.39, 0.29) is 11.0 Å². The maximum atomic E-state index is 12.0. The summed E-state index contributed by atoms with van der Waals surface area (Å²) in [7, 11) is -0.636. The number of amides is 1. The number of ether oxygens (including phenoxy) is 1. The molecule has 2 N–H and O–H groups in total. The molecule has 0 aliphatic heterocycles. The van der Waals surface area contributed by atoms with Crippen LogP contribution in [0.2, 0.25) is 18.1 Å². The van der Waals surface area contributed by atoms with Crippen LogP contribution in [0.4, 0.5) is 0 Å². The molecule has 0 unspecified atom stereocenters. The summed E-state index contributed by atoms with van der Waals surface area (Å²) in [5.41, 5.74) is 0. The minimum atomic E-state index is -1.91. The van der Waals surface area contributed by atoms with Gasteiger partial charge in [-0.15, -0.1) is 0 Å². The molecule has 0 spiro atoms. The van der Waals surface area contributed by atoms with Crippen LogP contribution in [0.5, 0.6) is 0 Å². The molecule has 0 aromatic carbocycles. The van der Waals surface area contributed by atoms with Gasteiger partial charge in [-0.3, -0.25) is 4.79 Å². The van der Waals surface area contributed by atoms with Crippen LogP contribution in [-0.4, -0.2) is 51.2 Å². The van der Waals surface area contributed by atoms with Gasteiger partial charge in [0, 0.05) is 13.0 Å². The van der Waals surface area contributed by atoms with E-state index in [4.69, 9.17) is 9.16 Å². The fraction of sp³-hybridized carbons (Fsp3) is 0.882. The summed E-state index contributed by atoms with van der Waals surface area (Å²) >= 11 is 0. The molecule has 7 heteroatoms. The van der Waals surface area contributed by atoms with Crippen molar-refractivity contribution in [2.75, 3.05) is 13.7 Å². The van der Waals surface area contributed by atoms with E-state index in [1.54, 1.807) is 0 Å². The normalized spacial score (nSPS) is 15.1. The zero-order chi connectivity index (χ0) is 19.1. The van der Waals surface area contributed by atoms with E-state index >= 15 is 0 Å². The van der Waals surface area contributed by atoms with E-state index in [0.717, 1.165) is 0 Å². The Balaban J connectivity index is 4.70. The fourth-order valence-electron chi connectivity index (χ4n) is 1.86. The zero-order valence-electron chi connectivity index (χ0n) is 16.4. The Morgan fingerprint density at radius 2 is 1.75 bits per heavy atom. The molecule has 0 rings (SSSR count). The standard InChI is InChI=1S/C17H35NO5Si/c1-12(2)11-14(19)15(20)18-13(16(21)22-6)9-10-23-24(7,8)17(3,4)5/h12-14,19H,9-11H2,1-8H3,(H,18,20)/t13-,14+/m1/s1. The highest BCUT2D eigenvalue weighted by Gasteiger charge is 2.37. The first kappa shape index (κ1) is 23.1. The second kappa shape index (κ2) is 9.53. The fourth-order valence-corrected chi connectivity index (χ4v) is 2.92. The molecule has 0 radical (unpaired) electrons. The molecule has 0 aromatic heterocycles. The first-order chi connectivity index (χ1) is 10.8. The number of hydrogen-bond donors (Lipinski definition) is 2. The Labute approximate surface area is 147 Å². The molecule has 1 amide bonds. The van der Waals surface area contributed by atoms with Crippen LogP contribution in [-0.2, 0) is 18.8 Å². The third-order valence-corrected chi connectivity index (χ3v) is 9.01. The van der Waals surface area contributed by atoms with Crippen LogP contribution < -0.4 is 5.32 Å². The Morgan fingerprint density at radius 3 is 2.17 bits per heavy atom. The maximum Gasteiger partial charge on any atom is 0.328 e. The molecule has 142 valence electrons. The van der Waals surface area contributed by atoms with E-state index in [2.05, 4.69) is 39.2 Å². The lowest BCUT2D eigenvalue weighted by atomic mass is 10.1. The monoisotopic (exact) mass is 361 g/mol. The van der Waals surface area contributed by atoms with Crippen molar-refractivity contribution in [2.45, 2.75) is 77.7 Å². The summed E-state index contributed by atoms with van der Waals surface area (Å²) in [6.07, 6.45) is -0.460. The number of hydrogen-bond acceptors (Lipinski definition) is 5. The summed E-state index contributed by atoms with van der Waals surface area (Å²) < 4.78 is 10.8. The van der Waals surface area contributed by atoms with Crippen molar-refractivity contribution in [1.82, 2.24) is 5.32 Å². The number of aliphatic hydroxyl groups excluding tert-OH is 1. The van der Waals surface area contributed by atoms with E-state index in [1.807, 2.05) is 13.8 Å². The van der Waals surface area contributed by atoms with Crippen molar-refractivity contribution in [3.05, 3.63) is 0 Å². The van der Waals surface area contributed by atoms with E-state index in [1.165, 1.54) is 7.11 Å². The Morgan fingerprint density at radius 1 is 1.21 bits per heavy atom. The average Bonchev–Trinajstić information content (AvgIpc) is 2.43. The molecule has 0 aliphatic carbocycles. The smallest absolute Gasteiger partial charge is 0.328 e. The van der Waals surface area contributed by atoms with Crippen molar-refractivity contribution in [1.29, 1.82) is 0 Å². The van der Waals surface area contributed by atoms with Gasteiger partial charge in [0.25, 0.3) is 0 Å². The quantitative estimate of drug-likeness (QED) is 0.487. The van der Waals surface area contributed by atoms with Crippen molar-refractivity contribution >= 4 is 20.2 Å². The summed E-state index contributed by atoms with van der Waals surface area (Å²) in [5.74, 6) is -0.894. The van der Waals surface area contributed by atoms with Crippen LogP contribution in [0.15, 0.2) is 0 Å². The van der Waals surface area contributed by atoms with Gasteiger partial charge in [0.15, 0.2) is 8.32 Å². The molecule has 0 saturated heterocycles. The number of nitrogens with one attached hydrogen (secondary N) is 1. The maximum absolute atomic E-state index is 12.0. The van der Waals surface area contributed by atoms with Gasteiger partial charge in [-0.25, -0.2) is 4.79 Å². The highest BCUT2D eigenvalue weighted by molar-refractivity contribution is 6.74. The third-order valence-electron chi connectivity index (χ3n) is 4.48. The first-order valence-corrected chi connectivity index (χ1v) is 11.4. The Bertz CT molecular complexity index is 418. The molecule has 0 saturated carbocycles. The molecule has 24 heavy (non-hydrogen) atoms. The van der Waals surface area contributed by atoms with Gasteiger partial charge in [0.1, 0.15) is 12.1 Å². The van der Waals surface area contributed by atoms with Crippen LogP contribution in [0.1, 0.15) is 47.5 Å². The molecule has 0 bridgehead atoms. The summed E-state index contributed by atoms with van der Waals surface area (Å²) in [4.78, 5) is 23.9. The van der Waals surface area contributed by atoms with Gasteiger partial charge in [0.2, 0.25) is 5.91 Å². The van der Waals surface area contributed by atoms with Gasteiger partial charge in [-0.05, 0) is 30.5 Å². The molecule has 0 fully saturated rings. The minimum Gasteiger partial charge on any atom is -0.467 e. The lowest BCUT2D eigenvalue weighted by Crippen LogP contribution is -2.48. The SMILES string of the molecule is COC(=O)[C@@H](CCO[Si](C)(C)C(C)(C)C)NC(=O)[C@@H](O)CC(C)C. The Hall–Kier alpha value is -0.923. The number of esters is 1. The van der Waals surface area contributed by atoms with Crippen molar-refractivity contribution in [3.8, 4) is 0 Å². The van der Waals surface area contributed by atoms with Crippen LogP contribution >= 0.6 is 0 Å². The lowest BCUT2D eigenvalue weighted by molar-refractivity contribution is -0.146. The van der Waals surface area contributed by atoms with Crippen LogP contribution in [0.3, 0.4) is 0 Å². The second-order valence-electron chi connectivity index (χ2n) is 8.13. The van der Waals surface area contributed by atoms with E-state index < -0.39 is 32.3 Å². The van der Waals surface area contributed by atoms with Crippen LogP contribution in [0.25, 0.3) is 0 Å². The summed E-state index contributed by atoms with van der Waals surface area (Å²) in [6, 6.07) is -0.811. The van der Waals surface area contributed by atoms with Gasteiger partial charge in [-0.2, -0.15) is 0 Å². The van der Waals surface area contributed by atoms with Crippen molar-refractivity contribution < 1.29 is 23.9 Å². The molecule has 6 nitrogen and oxygen atoms in total. The highest BCUT2D eigenvalue weighted by atomic mass is 28.4. The van der Waals surface area contributed by atoms with Crippen molar-refractivity contribution in [2.24, 2.45) is 5.92 Å². The van der Waals surface area contributed by atoms with E-state index in [0.29, 0.717) is 19.4 Å². The molecule has 2 atom stereocenters. The van der Waals surface area contributed by atoms with Gasteiger partial charge in [0.05, 0.1) is 7.11 Å². The number of rotatable bonds is 9. The number of methoxy groups -OCH3 is 1. The number of carbonyl (C=O) groups excluding carboxylic acids is 2. The van der Waals surface area contributed by atoms with E-state index in [9.17, 15) is 14.7 Å². The average molecular weight is 362 g/mol. The predicted molar refractivity (Wildman–Crippen MR) is 97.2 cm³/mol. The molecule has 0 heterocycles. The van der Waals surface area contributed by atoms with Crippen molar-refractivity contribution in [3.63, 3.8) is 0 Å². The first-order valence-electron chi connectivity index (χ1n) is 8.52. The van der Waals surface area contributed by atoms with Gasteiger partial charge in [-0.1, -0.05) is 34.6 Å². The Kier molecular flexibility index (Phi) is 9.16. The third kappa shape index (κ3) is 7.77. The molecule has 0 aliphatic rings. The lowest BCUT2D eigenvalue weighted by Gasteiger charge is -2.36. The minimum absolute atomic E-state index is 0.0739. The number of aliphatic hydroxyl groups is 1. The van der Waals surface area contributed by atoms with Crippen LogP contribution in [0, 0.1) is 5.92 Å². The predicted octanol–water partition coefficient (Wildman–Crippen LogP) is 2.46. The number of carbonyl (C=O) groups is 2. The molecular formula is C17H35NO5Si. The second-order valence-corrected chi connectivity index (χ2v) is 12.9. The highest BCUT2D eigenvalue weighted by Crippen LogP contribution is 2.36. The molecular weight excluding hydrogens is 326 g/mol. The largest absolute Gasteiger partial charge is 0.467 e.